The Morgan fingerprint density at radius 2 is 1.88 bits per heavy atom. The van der Waals surface area contributed by atoms with E-state index in [2.05, 4.69) is 4.98 Å². The summed E-state index contributed by atoms with van der Waals surface area (Å²) in [6.45, 7) is 4.00. The number of hydrogen-bond donors (Lipinski definition) is 2. The van der Waals surface area contributed by atoms with Gasteiger partial charge in [-0.05, 0) is 12.1 Å². The molecule has 0 aliphatic heterocycles. The molecule has 4 heteroatoms. The van der Waals surface area contributed by atoms with Crippen LogP contribution in [0.25, 0.3) is 11.5 Å². The number of rotatable bonds is 2. The van der Waals surface area contributed by atoms with E-state index in [1.54, 1.807) is 0 Å². The van der Waals surface area contributed by atoms with Gasteiger partial charge in [-0.2, -0.15) is 0 Å². The van der Waals surface area contributed by atoms with Crippen molar-refractivity contribution in [3.63, 3.8) is 0 Å². The molecule has 84 valence electrons. The van der Waals surface area contributed by atoms with Crippen LogP contribution in [-0.4, -0.2) is 16.3 Å². The fourth-order valence-corrected chi connectivity index (χ4v) is 1.12. The zero-order chi connectivity index (χ0) is 12.0. The van der Waals surface area contributed by atoms with Crippen LogP contribution in [0.2, 0.25) is 0 Å². The zero-order valence-corrected chi connectivity index (χ0v) is 9.27. The first kappa shape index (κ1) is 12.0. The summed E-state index contributed by atoms with van der Waals surface area (Å²) in [6.07, 6.45) is 0.950. The molecular weight excluding hydrogens is 204 g/mol. The molecule has 0 unspecified atom stereocenters. The minimum Gasteiger partial charge on any atom is -0.479 e. The average Bonchev–Trinajstić information content (AvgIpc) is 2.74. The first-order valence-corrected chi connectivity index (χ1v) is 5.07. The van der Waals surface area contributed by atoms with Crippen LogP contribution in [0.15, 0.2) is 34.7 Å². The third-order valence-electron chi connectivity index (χ3n) is 1.79. The normalized spacial score (nSPS) is 9.12. The van der Waals surface area contributed by atoms with E-state index in [1.165, 1.54) is 0 Å². The van der Waals surface area contributed by atoms with Gasteiger partial charge in [0.25, 0.3) is 0 Å². The second-order valence-corrected chi connectivity index (χ2v) is 2.72. The summed E-state index contributed by atoms with van der Waals surface area (Å²) in [5.74, 6) is 0.000420. The summed E-state index contributed by atoms with van der Waals surface area (Å²) in [7, 11) is 0. The van der Waals surface area contributed by atoms with Gasteiger partial charge >= 0.3 is 5.95 Å². The summed E-state index contributed by atoms with van der Waals surface area (Å²) in [4.78, 5) is 3.94. The molecule has 0 saturated heterocycles. The van der Waals surface area contributed by atoms with Gasteiger partial charge in [-0.25, -0.2) is 4.98 Å². The zero-order valence-electron chi connectivity index (χ0n) is 9.27. The lowest BCUT2D eigenvalue weighted by atomic mass is 10.2. The highest BCUT2D eigenvalue weighted by molar-refractivity contribution is 5.78. The van der Waals surface area contributed by atoms with Gasteiger partial charge in [0.05, 0.1) is 6.21 Å². The Balaban J connectivity index is 0.000000606. The number of oxazole rings is 1. The van der Waals surface area contributed by atoms with E-state index in [1.807, 2.05) is 44.2 Å². The van der Waals surface area contributed by atoms with Gasteiger partial charge in [-0.1, -0.05) is 32.0 Å². The van der Waals surface area contributed by atoms with Crippen molar-refractivity contribution in [2.75, 3.05) is 0 Å². The van der Waals surface area contributed by atoms with E-state index < -0.39 is 0 Å². The van der Waals surface area contributed by atoms with Gasteiger partial charge in [-0.15, -0.1) is 0 Å². The smallest absolute Gasteiger partial charge is 0.312 e. The average molecular weight is 218 g/mol. The number of nitrogens with zero attached hydrogens (tertiary/aromatic N) is 1. The fourth-order valence-electron chi connectivity index (χ4n) is 1.12. The molecule has 1 aromatic carbocycles. The summed E-state index contributed by atoms with van der Waals surface area (Å²) < 4.78 is 4.98. The van der Waals surface area contributed by atoms with E-state index in [4.69, 9.17) is 9.83 Å². The lowest BCUT2D eigenvalue weighted by Crippen LogP contribution is -1.80. The first-order valence-electron chi connectivity index (χ1n) is 5.07. The van der Waals surface area contributed by atoms with Gasteiger partial charge < -0.3 is 14.9 Å². The standard InChI is InChI=1S/C10H8N2O2.C2H6/c11-6-8-10(13)14-9(12-8)7-4-2-1-3-5-7;1-2/h1-6,11,13H;1-2H3. The topological polar surface area (TPSA) is 70.1 Å². The second-order valence-electron chi connectivity index (χ2n) is 2.72. The minimum atomic E-state index is -0.321. The number of aromatic hydroxyl groups is 1. The quantitative estimate of drug-likeness (QED) is 0.761. The summed E-state index contributed by atoms with van der Waals surface area (Å²) in [6, 6.07) is 9.21. The molecule has 0 aliphatic rings. The molecule has 1 heterocycles. The third kappa shape index (κ3) is 2.48. The molecule has 0 bridgehead atoms. The molecule has 1 aromatic heterocycles. The van der Waals surface area contributed by atoms with E-state index in [9.17, 15) is 5.11 Å². The lowest BCUT2D eigenvalue weighted by molar-refractivity contribution is 0.337. The molecule has 0 saturated carbocycles. The monoisotopic (exact) mass is 218 g/mol. The largest absolute Gasteiger partial charge is 0.479 e. The second kappa shape index (κ2) is 5.70. The highest BCUT2D eigenvalue weighted by Crippen LogP contribution is 2.24. The molecule has 0 amide bonds. The fraction of sp³-hybridized carbons (Fsp3) is 0.167. The van der Waals surface area contributed by atoms with Crippen molar-refractivity contribution in [1.82, 2.24) is 4.98 Å². The molecule has 2 rings (SSSR count). The molecule has 2 N–H and O–H groups in total. The van der Waals surface area contributed by atoms with Crippen molar-refractivity contribution in [1.29, 1.82) is 5.41 Å². The SMILES string of the molecule is CC.N=Cc1nc(-c2ccccc2)oc1O. The molecule has 4 nitrogen and oxygen atoms in total. The van der Waals surface area contributed by atoms with Crippen LogP contribution in [0.3, 0.4) is 0 Å². The van der Waals surface area contributed by atoms with Crippen molar-refractivity contribution >= 4 is 6.21 Å². The molecule has 0 atom stereocenters. The predicted octanol–water partition coefficient (Wildman–Crippen LogP) is 3.07. The third-order valence-corrected chi connectivity index (χ3v) is 1.79. The van der Waals surface area contributed by atoms with Gasteiger partial charge in [0, 0.05) is 5.56 Å². The molecule has 0 radical (unpaired) electrons. The van der Waals surface area contributed by atoms with Crippen molar-refractivity contribution in [2.24, 2.45) is 0 Å². The van der Waals surface area contributed by atoms with Gasteiger partial charge in [0.1, 0.15) is 0 Å². The van der Waals surface area contributed by atoms with Crippen molar-refractivity contribution in [2.45, 2.75) is 13.8 Å². The Bertz CT molecular complexity index is 449. The Morgan fingerprint density at radius 1 is 1.25 bits per heavy atom. The van der Waals surface area contributed by atoms with Crippen LogP contribution < -0.4 is 0 Å². The Hall–Kier alpha value is -2.10. The molecule has 16 heavy (non-hydrogen) atoms. The van der Waals surface area contributed by atoms with E-state index >= 15 is 0 Å². The van der Waals surface area contributed by atoms with Crippen LogP contribution in [0, 0.1) is 5.41 Å². The first-order chi connectivity index (χ1) is 7.81. The number of nitrogens with one attached hydrogen (secondary N) is 1. The van der Waals surface area contributed by atoms with Crippen LogP contribution in [0.1, 0.15) is 19.5 Å². The van der Waals surface area contributed by atoms with Crippen molar-refractivity contribution in [3.05, 3.63) is 36.0 Å². The van der Waals surface area contributed by atoms with Gasteiger partial charge in [0.2, 0.25) is 5.89 Å². The highest BCUT2D eigenvalue weighted by Gasteiger charge is 2.10. The molecular formula is C12H14N2O2. The number of aromatic nitrogens is 1. The van der Waals surface area contributed by atoms with E-state index in [0.29, 0.717) is 5.89 Å². The van der Waals surface area contributed by atoms with Crippen LogP contribution in [0.4, 0.5) is 0 Å². The maximum Gasteiger partial charge on any atom is 0.312 e. The van der Waals surface area contributed by atoms with Crippen LogP contribution >= 0.6 is 0 Å². The minimum absolute atomic E-state index is 0.142. The maximum absolute atomic E-state index is 9.21. The molecule has 0 aliphatic carbocycles. The van der Waals surface area contributed by atoms with E-state index in [0.717, 1.165) is 11.8 Å². The molecule has 2 aromatic rings. The summed E-state index contributed by atoms with van der Waals surface area (Å²) >= 11 is 0. The van der Waals surface area contributed by atoms with Gasteiger partial charge in [0.15, 0.2) is 5.69 Å². The van der Waals surface area contributed by atoms with E-state index in [-0.39, 0.29) is 11.6 Å². The number of benzene rings is 1. The van der Waals surface area contributed by atoms with Crippen LogP contribution in [-0.2, 0) is 0 Å². The Morgan fingerprint density at radius 3 is 2.38 bits per heavy atom. The summed E-state index contributed by atoms with van der Waals surface area (Å²) in [5.41, 5.74) is 0.916. The molecule has 0 fully saturated rings. The predicted molar refractivity (Wildman–Crippen MR) is 62.8 cm³/mol. The Kier molecular flexibility index (Phi) is 4.27. The maximum atomic E-state index is 9.21. The van der Waals surface area contributed by atoms with Gasteiger partial charge in [-0.3, -0.25) is 0 Å². The number of hydrogen-bond acceptors (Lipinski definition) is 4. The lowest BCUT2D eigenvalue weighted by Gasteiger charge is -1.91. The molecule has 0 spiro atoms. The van der Waals surface area contributed by atoms with Crippen molar-refractivity contribution < 1.29 is 9.52 Å². The van der Waals surface area contributed by atoms with Crippen LogP contribution in [0.5, 0.6) is 5.95 Å². The Labute approximate surface area is 94.1 Å². The summed E-state index contributed by atoms with van der Waals surface area (Å²) in [5, 5.41) is 16.2. The highest BCUT2D eigenvalue weighted by atomic mass is 16.5. The van der Waals surface area contributed by atoms with Crippen molar-refractivity contribution in [3.8, 4) is 17.4 Å².